The third kappa shape index (κ3) is 11.3. The van der Waals surface area contributed by atoms with Gasteiger partial charge in [-0.3, -0.25) is 19.2 Å². The van der Waals surface area contributed by atoms with Gasteiger partial charge in [-0.05, 0) is 68.0 Å². The molecule has 0 radical (unpaired) electrons. The van der Waals surface area contributed by atoms with Crippen LogP contribution in [0.25, 0.3) is 0 Å². The molecule has 0 aromatic carbocycles. The molecule has 0 spiro atoms. The van der Waals surface area contributed by atoms with E-state index >= 15 is 0 Å². The standard InChI is InChI=1S/C41H71NO14/c1-15-29-22(5)33(46)23(6)32(45)20(3)18-40(11,49)36(55-39-34(47)28(42(13)14)17-21(4)50-39)24(7)35(25(8)38(48)52-29)54-31-19-41(12,56-27(10)43)37(26(9)51-31)53-30(44)16-2/h20-26,28-29,31,33-37,39,46-47,49H,15-19H2,1-14H3/t20-,21?,22+,23+,24+,25-,26?,28?,29-,31?,33+,34?,35+,36-,37?,39?,40-,41?/m1/s1. The fraction of sp³-hybridized carbons (Fsp3) is 0.902. The number of hydrogen-bond acceptors (Lipinski definition) is 15. The van der Waals surface area contributed by atoms with Crippen molar-refractivity contribution < 1.29 is 67.7 Å². The first-order chi connectivity index (χ1) is 25.9. The lowest BCUT2D eigenvalue weighted by atomic mass is 9.74. The minimum absolute atomic E-state index is 0.0881. The van der Waals surface area contributed by atoms with Gasteiger partial charge in [-0.25, -0.2) is 0 Å². The van der Waals surface area contributed by atoms with Gasteiger partial charge in [-0.1, -0.05) is 41.5 Å². The maximum atomic E-state index is 14.2. The highest BCUT2D eigenvalue weighted by Gasteiger charge is 2.54. The number of aliphatic hydroxyl groups excluding tert-OH is 2. The lowest BCUT2D eigenvalue weighted by Crippen LogP contribution is -2.61. The molecule has 56 heavy (non-hydrogen) atoms. The van der Waals surface area contributed by atoms with E-state index in [2.05, 4.69) is 0 Å². The van der Waals surface area contributed by atoms with Gasteiger partial charge in [-0.15, -0.1) is 0 Å². The maximum absolute atomic E-state index is 14.2. The number of esters is 3. The summed E-state index contributed by atoms with van der Waals surface area (Å²) in [6, 6.07) is -0.342. The van der Waals surface area contributed by atoms with Crippen LogP contribution in [0, 0.1) is 29.6 Å². The first-order valence-electron chi connectivity index (χ1n) is 20.4. The van der Waals surface area contributed by atoms with Crippen LogP contribution in [-0.4, -0.2) is 137 Å². The van der Waals surface area contributed by atoms with E-state index in [4.69, 9.17) is 33.2 Å². The van der Waals surface area contributed by atoms with Crippen LogP contribution >= 0.6 is 0 Å². The largest absolute Gasteiger partial charge is 0.462 e. The van der Waals surface area contributed by atoms with Crippen molar-refractivity contribution in [2.45, 2.75) is 194 Å². The molecule has 3 fully saturated rings. The van der Waals surface area contributed by atoms with Crippen molar-refractivity contribution >= 4 is 23.7 Å². The highest BCUT2D eigenvalue weighted by Crippen LogP contribution is 2.41. The van der Waals surface area contributed by atoms with E-state index in [1.807, 2.05) is 32.8 Å². The van der Waals surface area contributed by atoms with Gasteiger partial charge in [0.2, 0.25) is 0 Å². The van der Waals surface area contributed by atoms with E-state index < -0.39 is 114 Å². The normalized spacial score (nSPS) is 44.8. The molecule has 0 bridgehead atoms. The SMILES string of the molecule is CCC(=O)OC1C(C)OC(O[C@H]2[C@H](C)[C@@H](OC3OC(C)CC(N(C)C)C3O)[C@](C)(O)C[C@@H](C)C(=O)[C@H](C)[C@@H](O)[C@@H](C)[C@@H](CC)OC(=O)[C@@H]2C)CC1(C)OC(C)=O. The molecule has 0 amide bonds. The molecule has 3 N–H and O–H groups in total. The second-order valence-electron chi connectivity index (χ2n) is 17.4. The van der Waals surface area contributed by atoms with E-state index in [1.54, 1.807) is 55.4 Å². The molecule has 324 valence electrons. The van der Waals surface area contributed by atoms with Crippen molar-refractivity contribution in [2.75, 3.05) is 14.1 Å². The molecule has 15 heteroatoms. The van der Waals surface area contributed by atoms with Crippen molar-refractivity contribution in [3.8, 4) is 0 Å². The van der Waals surface area contributed by atoms with Crippen LogP contribution in [0.2, 0.25) is 0 Å². The van der Waals surface area contributed by atoms with Gasteiger partial charge in [0.05, 0.1) is 42.0 Å². The van der Waals surface area contributed by atoms with Gasteiger partial charge >= 0.3 is 17.9 Å². The Hall–Kier alpha value is -2.24. The Morgan fingerprint density at radius 3 is 2.05 bits per heavy atom. The van der Waals surface area contributed by atoms with E-state index in [-0.39, 0.29) is 37.2 Å². The van der Waals surface area contributed by atoms with E-state index in [0.29, 0.717) is 12.8 Å². The topological polar surface area (TPSA) is 197 Å². The lowest BCUT2D eigenvalue weighted by Gasteiger charge is -2.49. The number of likely N-dealkylation sites (N-methyl/N-ethyl adjacent to an activating group) is 1. The van der Waals surface area contributed by atoms with E-state index in [9.17, 15) is 34.5 Å². The molecule has 0 aliphatic carbocycles. The molecular formula is C41H71NO14. The Bertz CT molecular complexity index is 1340. The summed E-state index contributed by atoms with van der Waals surface area (Å²) in [5, 5.41) is 35.4. The predicted molar refractivity (Wildman–Crippen MR) is 204 cm³/mol. The molecule has 3 saturated heterocycles. The number of hydrogen-bond donors (Lipinski definition) is 3. The Balaban J connectivity index is 2.19. The second-order valence-corrected chi connectivity index (χ2v) is 17.4. The molecular weight excluding hydrogens is 730 g/mol. The number of ether oxygens (including phenoxy) is 7. The molecule has 0 aromatic rings. The summed E-state index contributed by atoms with van der Waals surface area (Å²) in [4.78, 5) is 54.8. The van der Waals surface area contributed by atoms with E-state index in [0.717, 1.165) is 0 Å². The predicted octanol–water partition coefficient (Wildman–Crippen LogP) is 3.55. The zero-order chi connectivity index (χ0) is 42.6. The minimum Gasteiger partial charge on any atom is -0.462 e. The van der Waals surface area contributed by atoms with Gasteiger partial charge < -0.3 is 53.4 Å². The number of aliphatic hydroxyl groups is 3. The van der Waals surface area contributed by atoms with Crippen LogP contribution in [0.4, 0.5) is 0 Å². The molecule has 0 saturated carbocycles. The number of carbonyl (C=O) groups excluding carboxylic acids is 4. The Morgan fingerprint density at radius 1 is 0.875 bits per heavy atom. The summed E-state index contributed by atoms with van der Waals surface area (Å²) in [5.41, 5.74) is -3.19. The van der Waals surface area contributed by atoms with Crippen molar-refractivity contribution in [3.05, 3.63) is 0 Å². The summed E-state index contributed by atoms with van der Waals surface area (Å²) in [6.07, 6.45) is -9.06. The minimum atomic E-state index is -1.80. The van der Waals surface area contributed by atoms with Crippen molar-refractivity contribution in [1.82, 2.24) is 4.90 Å². The molecule has 3 heterocycles. The molecule has 18 atom stereocenters. The highest BCUT2D eigenvalue weighted by atomic mass is 16.7. The van der Waals surface area contributed by atoms with Crippen molar-refractivity contribution in [3.63, 3.8) is 0 Å². The summed E-state index contributed by atoms with van der Waals surface area (Å²) in [6.45, 7) is 19.8. The maximum Gasteiger partial charge on any atom is 0.311 e. The highest BCUT2D eigenvalue weighted by molar-refractivity contribution is 5.83. The zero-order valence-corrected chi connectivity index (χ0v) is 36.1. The van der Waals surface area contributed by atoms with E-state index in [1.165, 1.54) is 13.8 Å². The summed E-state index contributed by atoms with van der Waals surface area (Å²) in [5.74, 6) is -6.16. The quantitative estimate of drug-likeness (QED) is 0.226. The number of cyclic esters (lactones) is 1. The number of rotatable bonds is 9. The number of ketones is 1. The number of Topliss-reactive ketones (excluding diaryl/α,β-unsaturated/α-hetero) is 1. The van der Waals surface area contributed by atoms with Crippen LogP contribution in [0.3, 0.4) is 0 Å². The molecule has 8 unspecified atom stereocenters. The fourth-order valence-corrected chi connectivity index (χ4v) is 9.02. The van der Waals surface area contributed by atoms with Gasteiger partial charge in [-0.2, -0.15) is 0 Å². The van der Waals surface area contributed by atoms with Crippen LogP contribution in [-0.2, 0) is 52.3 Å². The van der Waals surface area contributed by atoms with Crippen molar-refractivity contribution in [1.29, 1.82) is 0 Å². The molecule has 15 nitrogen and oxygen atoms in total. The first kappa shape index (κ1) is 48.1. The monoisotopic (exact) mass is 801 g/mol. The second kappa shape index (κ2) is 19.7. The zero-order valence-electron chi connectivity index (χ0n) is 36.1. The smallest absolute Gasteiger partial charge is 0.311 e. The van der Waals surface area contributed by atoms with Crippen molar-refractivity contribution in [2.24, 2.45) is 29.6 Å². The van der Waals surface area contributed by atoms with Crippen LogP contribution in [0.1, 0.15) is 115 Å². The lowest BCUT2D eigenvalue weighted by molar-refractivity contribution is -0.317. The third-order valence-electron chi connectivity index (χ3n) is 12.2. The molecule has 3 aliphatic heterocycles. The Labute approximate surface area is 333 Å². The Kier molecular flexibility index (Phi) is 16.9. The van der Waals surface area contributed by atoms with Crippen LogP contribution < -0.4 is 0 Å². The van der Waals surface area contributed by atoms with Gasteiger partial charge in [0, 0.05) is 49.5 Å². The summed E-state index contributed by atoms with van der Waals surface area (Å²) < 4.78 is 43.4. The number of carbonyl (C=O) groups is 4. The van der Waals surface area contributed by atoms with Gasteiger partial charge in [0.15, 0.2) is 24.3 Å². The average Bonchev–Trinajstić information content (AvgIpc) is 3.11. The summed E-state index contributed by atoms with van der Waals surface area (Å²) >= 11 is 0. The summed E-state index contributed by atoms with van der Waals surface area (Å²) in [7, 11) is 3.69. The van der Waals surface area contributed by atoms with Gasteiger partial charge in [0.25, 0.3) is 0 Å². The number of nitrogens with zero attached hydrogens (tertiary/aromatic N) is 1. The first-order valence-corrected chi connectivity index (χ1v) is 20.4. The Morgan fingerprint density at radius 2 is 1.50 bits per heavy atom. The molecule has 3 aliphatic rings. The van der Waals surface area contributed by atoms with Crippen LogP contribution in [0.15, 0.2) is 0 Å². The molecule has 0 aromatic heterocycles. The average molecular weight is 802 g/mol. The fourth-order valence-electron chi connectivity index (χ4n) is 9.02. The van der Waals surface area contributed by atoms with Gasteiger partial charge in [0.1, 0.15) is 18.0 Å². The third-order valence-corrected chi connectivity index (χ3v) is 12.2. The van der Waals surface area contributed by atoms with Crippen LogP contribution in [0.5, 0.6) is 0 Å². The molecule has 3 rings (SSSR count).